The number of Topliss-reactive ketones (excluding diaryl/α,β-unsaturated/α-hetero) is 1. The van der Waals surface area contributed by atoms with Crippen LogP contribution >= 0.6 is 0 Å². The maximum absolute atomic E-state index is 12.3. The number of anilines is 1. The molecular formula is C16H19N2O2+. The lowest BCUT2D eigenvalue weighted by molar-refractivity contribution is -0.678. The van der Waals surface area contributed by atoms with Crippen molar-refractivity contribution in [3.8, 4) is 0 Å². The van der Waals surface area contributed by atoms with Crippen molar-refractivity contribution < 1.29 is 13.8 Å². The summed E-state index contributed by atoms with van der Waals surface area (Å²) in [7, 11) is 0. The lowest BCUT2D eigenvalue weighted by Crippen LogP contribution is -2.43. The van der Waals surface area contributed by atoms with Gasteiger partial charge >= 0.3 is 6.01 Å². The zero-order valence-corrected chi connectivity index (χ0v) is 11.7. The first-order chi connectivity index (χ1) is 9.65. The maximum Gasteiger partial charge on any atom is 0.452 e. The minimum absolute atomic E-state index is 0.0656. The Kier molecular flexibility index (Phi) is 3.30. The molecule has 0 bridgehead atoms. The summed E-state index contributed by atoms with van der Waals surface area (Å²) in [5.74, 6) is 1.02. The van der Waals surface area contributed by atoms with Crippen molar-refractivity contribution in [2.24, 2.45) is 0 Å². The molecule has 1 heterocycles. The minimum Gasteiger partial charge on any atom is -0.393 e. The van der Waals surface area contributed by atoms with Crippen molar-refractivity contribution in [2.45, 2.75) is 39.2 Å². The number of nitrogens with two attached hydrogens (primary N) is 1. The Labute approximate surface area is 118 Å². The van der Waals surface area contributed by atoms with E-state index in [9.17, 15) is 4.79 Å². The first-order valence-electron chi connectivity index (χ1n) is 7.05. The van der Waals surface area contributed by atoms with E-state index in [-0.39, 0.29) is 12.3 Å². The van der Waals surface area contributed by atoms with Crippen molar-refractivity contribution in [3.63, 3.8) is 0 Å². The highest BCUT2D eigenvalue weighted by Crippen LogP contribution is 2.21. The molecule has 4 heteroatoms. The van der Waals surface area contributed by atoms with Gasteiger partial charge in [-0.05, 0) is 19.8 Å². The molecule has 4 nitrogen and oxygen atoms in total. The fourth-order valence-corrected chi connectivity index (χ4v) is 2.72. The lowest BCUT2D eigenvalue weighted by Gasteiger charge is -2.08. The summed E-state index contributed by atoms with van der Waals surface area (Å²) in [5.41, 5.74) is 8.87. The van der Waals surface area contributed by atoms with E-state index >= 15 is 0 Å². The van der Waals surface area contributed by atoms with Gasteiger partial charge in [0.15, 0.2) is 12.3 Å². The molecular weight excluding hydrogens is 252 g/mol. The fourth-order valence-electron chi connectivity index (χ4n) is 2.72. The van der Waals surface area contributed by atoms with Gasteiger partial charge in [-0.1, -0.05) is 29.8 Å². The molecule has 1 aliphatic rings. The molecule has 104 valence electrons. The third kappa shape index (κ3) is 2.33. The molecule has 0 unspecified atom stereocenters. The smallest absolute Gasteiger partial charge is 0.393 e. The van der Waals surface area contributed by atoms with E-state index < -0.39 is 0 Å². The van der Waals surface area contributed by atoms with E-state index in [1.54, 1.807) is 0 Å². The zero-order valence-electron chi connectivity index (χ0n) is 11.7. The van der Waals surface area contributed by atoms with Crippen LogP contribution in [0.1, 0.15) is 40.2 Å². The standard InChI is InChI=1S/C16H18N2O2/c1-11-6-8-12(9-7-11)14(19)10-18-13-4-2-3-5-15(13)20-16(18)17/h6-9,17H,2-5,10H2,1H3/p+1. The van der Waals surface area contributed by atoms with Gasteiger partial charge in [-0.2, -0.15) is 4.57 Å². The number of aryl methyl sites for hydroxylation is 2. The molecule has 0 fully saturated rings. The molecule has 20 heavy (non-hydrogen) atoms. The second-order valence-corrected chi connectivity index (χ2v) is 5.39. The molecule has 0 spiro atoms. The van der Waals surface area contributed by atoms with Gasteiger partial charge in [-0.3, -0.25) is 10.5 Å². The highest BCUT2D eigenvalue weighted by molar-refractivity contribution is 5.95. The molecule has 1 aromatic carbocycles. The number of nitrogen functional groups attached to an aromatic ring is 1. The normalized spacial score (nSPS) is 14.1. The molecule has 0 saturated heterocycles. The largest absolute Gasteiger partial charge is 0.452 e. The van der Waals surface area contributed by atoms with Crippen LogP contribution in [0.2, 0.25) is 0 Å². The molecule has 3 rings (SSSR count). The van der Waals surface area contributed by atoms with Gasteiger partial charge in [0.25, 0.3) is 0 Å². The number of benzene rings is 1. The molecule has 0 atom stereocenters. The van der Waals surface area contributed by atoms with Crippen molar-refractivity contribution in [1.82, 2.24) is 0 Å². The summed E-state index contributed by atoms with van der Waals surface area (Å²) >= 11 is 0. The molecule has 1 aliphatic carbocycles. The van der Waals surface area contributed by atoms with Gasteiger partial charge < -0.3 is 4.42 Å². The predicted octanol–water partition coefficient (Wildman–Crippen LogP) is 2.22. The summed E-state index contributed by atoms with van der Waals surface area (Å²) in [5, 5.41) is 0. The van der Waals surface area contributed by atoms with Gasteiger partial charge in [0.2, 0.25) is 5.78 Å². The highest BCUT2D eigenvalue weighted by Gasteiger charge is 2.27. The Hall–Kier alpha value is -2.10. The van der Waals surface area contributed by atoms with Crippen LogP contribution in [0.5, 0.6) is 0 Å². The van der Waals surface area contributed by atoms with Crippen molar-refractivity contribution in [1.29, 1.82) is 0 Å². The van der Waals surface area contributed by atoms with E-state index in [1.165, 1.54) is 0 Å². The summed E-state index contributed by atoms with van der Waals surface area (Å²) in [6, 6.07) is 7.97. The fraction of sp³-hybridized carbons (Fsp3) is 0.375. The van der Waals surface area contributed by atoms with Gasteiger partial charge in [0.1, 0.15) is 5.69 Å². The van der Waals surface area contributed by atoms with Gasteiger partial charge in [-0.15, -0.1) is 0 Å². The number of ketones is 1. The van der Waals surface area contributed by atoms with E-state index in [0.717, 1.165) is 42.7 Å². The lowest BCUT2D eigenvalue weighted by atomic mass is 10.0. The number of carbonyl (C=O) groups excluding carboxylic acids is 1. The molecule has 1 aromatic heterocycles. The van der Waals surface area contributed by atoms with Crippen LogP contribution in [0, 0.1) is 6.92 Å². The Balaban J connectivity index is 1.86. The summed E-state index contributed by atoms with van der Waals surface area (Å²) < 4.78 is 7.41. The third-order valence-electron chi connectivity index (χ3n) is 3.88. The summed E-state index contributed by atoms with van der Waals surface area (Å²) in [6.45, 7) is 2.27. The van der Waals surface area contributed by atoms with Gasteiger partial charge in [0.05, 0.1) is 0 Å². The number of nitrogens with zero attached hydrogens (tertiary/aromatic N) is 1. The van der Waals surface area contributed by atoms with Crippen molar-refractivity contribution >= 4 is 11.8 Å². The van der Waals surface area contributed by atoms with Crippen molar-refractivity contribution in [2.75, 3.05) is 5.73 Å². The predicted molar refractivity (Wildman–Crippen MR) is 75.5 cm³/mol. The third-order valence-corrected chi connectivity index (χ3v) is 3.88. The Bertz CT molecular complexity index is 641. The first-order valence-corrected chi connectivity index (χ1v) is 7.05. The van der Waals surface area contributed by atoms with Gasteiger partial charge in [-0.25, -0.2) is 0 Å². The zero-order chi connectivity index (χ0) is 14.1. The van der Waals surface area contributed by atoms with Crippen LogP contribution in [0.15, 0.2) is 28.7 Å². The molecule has 2 N–H and O–H groups in total. The molecule has 0 saturated carbocycles. The van der Waals surface area contributed by atoms with Crippen LogP contribution in [-0.4, -0.2) is 5.78 Å². The van der Waals surface area contributed by atoms with Crippen LogP contribution in [0.4, 0.5) is 6.01 Å². The second kappa shape index (κ2) is 5.12. The van der Waals surface area contributed by atoms with E-state index in [0.29, 0.717) is 11.6 Å². The average molecular weight is 271 g/mol. The maximum atomic E-state index is 12.3. The quantitative estimate of drug-likeness (QED) is 0.688. The Morgan fingerprint density at radius 3 is 2.70 bits per heavy atom. The summed E-state index contributed by atoms with van der Waals surface area (Å²) in [4.78, 5) is 12.3. The van der Waals surface area contributed by atoms with Crippen LogP contribution < -0.4 is 10.3 Å². The van der Waals surface area contributed by atoms with E-state index in [4.69, 9.17) is 10.2 Å². The number of hydrogen-bond donors (Lipinski definition) is 1. The minimum atomic E-state index is 0.0656. The number of hydrogen-bond acceptors (Lipinski definition) is 3. The molecule has 0 amide bonds. The van der Waals surface area contributed by atoms with Crippen LogP contribution in [0.25, 0.3) is 0 Å². The molecule has 0 aliphatic heterocycles. The topological polar surface area (TPSA) is 60.1 Å². The number of carbonyl (C=O) groups is 1. The molecule has 0 radical (unpaired) electrons. The number of fused-ring (bicyclic) bond motifs is 1. The molecule has 2 aromatic rings. The van der Waals surface area contributed by atoms with E-state index in [2.05, 4.69) is 0 Å². The second-order valence-electron chi connectivity index (χ2n) is 5.39. The monoisotopic (exact) mass is 271 g/mol. The van der Waals surface area contributed by atoms with E-state index in [1.807, 2.05) is 35.8 Å². The Morgan fingerprint density at radius 2 is 1.95 bits per heavy atom. The van der Waals surface area contributed by atoms with Gasteiger partial charge in [0, 0.05) is 18.4 Å². The average Bonchev–Trinajstić information content (AvgIpc) is 2.76. The van der Waals surface area contributed by atoms with Crippen molar-refractivity contribution in [3.05, 3.63) is 46.8 Å². The Morgan fingerprint density at radius 1 is 1.25 bits per heavy atom. The number of aromatic nitrogens is 1. The summed E-state index contributed by atoms with van der Waals surface area (Å²) in [6.07, 6.45) is 4.12. The number of rotatable bonds is 3. The number of oxazole rings is 1. The first kappa shape index (κ1) is 12.9. The van der Waals surface area contributed by atoms with Crippen LogP contribution in [0.3, 0.4) is 0 Å². The van der Waals surface area contributed by atoms with Crippen LogP contribution in [-0.2, 0) is 19.4 Å². The highest BCUT2D eigenvalue weighted by atomic mass is 16.4. The SMILES string of the molecule is Cc1ccc(C(=O)C[n+]2c(N)oc3c2CCCC3)cc1.